The fourth-order valence-corrected chi connectivity index (χ4v) is 3.32. The van der Waals surface area contributed by atoms with Crippen molar-refractivity contribution >= 4 is 17.6 Å². The Labute approximate surface area is 191 Å². The molecule has 33 heavy (non-hydrogen) atoms. The summed E-state index contributed by atoms with van der Waals surface area (Å²) < 4.78 is 34.1. The predicted molar refractivity (Wildman–Crippen MR) is 120 cm³/mol. The van der Waals surface area contributed by atoms with E-state index in [2.05, 4.69) is 5.32 Å². The summed E-state index contributed by atoms with van der Waals surface area (Å²) in [5, 5.41) is 2.55. The van der Waals surface area contributed by atoms with E-state index in [1.807, 2.05) is 36.9 Å². The largest absolute Gasteiger partial charge is 0.467 e. The molecule has 2 heterocycles. The highest BCUT2D eigenvalue weighted by Crippen LogP contribution is 2.15. The number of urea groups is 1. The van der Waals surface area contributed by atoms with Crippen molar-refractivity contribution in [1.82, 2.24) is 14.4 Å². The number of nitrogens with zero attached hydrogens (tertiary/aromatic N) is 3. The third-order valence-electron chi connectivity index (χ3n) is 5.25. The number of aromatic nitrogens is 1. The highest BCUT2D eigenvalue weighted by atomic mass is 19.2. The highest BCUT2D eigenvalue weighted by molar-refractivity contribution is 5.92. The molecule has 0 aliphatic heterocycles. The average molecular weight is 459 g/mol. The molecule has 0 atom stereocenters. The average Bonchev–Trinajstić information content (AvgIpc) is 3.45. The van der Waals surface area contributed by atoms with E-state index in [9.17, 15) is 18.4 Å². The summed E-state index contributed by atoms with van der Waals surface area (Å²) in [7, 11) is 1.90. The van der Waals surface area contributed by atoms with Gasteiger partial charge in [-0.1, -0.05) is 13.3 Å². The number of amides is 3. The van der Waals surface area contributed by atoms with Gasteiger partial charge in [-0.3, -0.25) is 4.79 Å². The van der Waals surface area contributed by atoms with Gasteiger partial charge in [-0.15, -0.1) is 0 Å². The maximum Gasteiger partial charge on any atom is 0.322 e. The topological polar surface area (TPSA) is 70.7 Å². The monoisotopic (exact) mass is 458 g/mol. The molecule has 0 radical (unpaired) electrons. The smallest absolute Gasteiger partial charge is 0.322 e. The summed E-state index contributed by atoms with van der Waals surface area (Å²) in [4.78, 5) is 29.2. The maximum atomic E-state index is 13.5. The van der Waals surface area contributed by atoms with Crippen LogP contribution in [-0.4, -0.2) is 39.4 Å². The molecular formula is C24H28F2N4O3. The number of hydrogen-bond acceptors (Lipinski definition) is 3. The molecule has 3 aromatic rings. The second kappa shape index (κ2) is 11.3. The Kier molecular flexibility index (Phi) is 8.23. The van der Waals surface area contributed by atoms with E-state index < -0.39 is 17.7 Å². The van der Waals surface area contributed by atoms with Gasteiger partial charge in [0.1, 0.15) is 12.3 Å². The van der Waals surface area contributed by atoms with Crippen LogP contribution in [-0.2, 0) is 24.9 Å². The number of carbonyl (C=O) groups excluding carboxylic acids is 2. The maximum absolute atomic E-state index is 13.5. The van der Waals surface area contributed by atoms with Crippen LogP contribution < -0.4 is 5.32 Å². The Morgan fingerprint density at radius 3 is 2.52 bits per heavy atom. The summed E-state index contributed by atoms with van der Waals surface area (Å²) in [5.74, 6) is -1.69. The Balaban J connectivity index is 1.74. The van der Waals surface area contributed by atoms with Crippen molar-refractivity contribution in [2.45, 2.75) is 32.9 Å². The second-order valence-electron chi connectivity index (χ2n) is 7.77. The first kappa shape index (κ1) is 24.0. The summed E-state index contributed by atoms with van der Waals surface area (Å²) in [5.41, 5.74) is 1.05. The third kappa shape index (κ3) is 6.68. The Morgan fingerprint density at radius 1 is 1.06 bits per heavy atom. The van der Waals surface area contributed by atoms with Crippen molar-refractivity contribution < 1.29 is 22.8 Å². The zero-order valence-corrected chi connectivity index (χ0v) is 18.8. The number of aryl methyl sites for hydroxylation is 1. The molecule has 0 unspecified atom stereocenters. The van der Waals surface area contributed by atoms with Gasteiger partial charge in [0.15, 0.2) is 11.6 Å². The summed E-state index contributed by atoms with van der Waals surface area (Å²) in [6, 6.07) is 9.93. The molecule has 0 saturated carbocycles. The second-order valence-corrected chi connectivity index (χ2v) is 7.77. The van der Waals surface area contributed by atoms with E-state index >= 15 is 0 Å². The van der Waals surface area contributed by atoms with Crippen LogP contribution in [0, 0.1) is 11.6 Å². The number of carbonyl (C=O) groups is 2. The van der Waals surface area contributed by atoms with Crippen molar-refractivity contribution in [3.8, 4) is 0 Å². The molecule has 3 rings (SSSR count). The van der Waals surface area contributed by atoms with E-state index in [-0.39, 0.29) is 24.7 Å². The minimum atomic E-state index is -1.06. The number of benzene rings is 1. The normalized spacial score (nSPS) is 10.8. The van der Waals surface area contributed by atoms with E-state index in [1.165, 1.54) is 11.0 Å². The summed E-state index contributed by atoms with van der Waals surface area (Å²) in [6.45, 7) is 2.75. The first-order valence-electron chi connectivity index (χ1n) is 10.8. The van der Waals surface area contributed by atoms with Crippen LogP contribution in [0.2, 0.25) is 0 Å². The van der Waals surface area contributed by atoms with Crippen molar-refractivity contribution in [1.29, 1.82) is 0 Å². The number of unbranched alkanes of at least 4 members (excludes halogenated alkanes) is 1. The molecular weight excluding hydrogens is 430 g/mol. The highest BCUT2D eigenvalue weighted by Gasteiger charge is 2.23. The molecule has 0 saturated heterocycles. The molecule has 7 nitrogen and oxygen atoms in total. The fraction of sp³-hybridized carbons (Fsp3) is 0.333. The molecule has 0 aliphatic carbocycles. The Bertz CT molecular complexity index is 1070. The summed E-state index contributed by atoms with van der Waals surface area (Å²) in [6.07, 6.45) is 4.95. The van der Waals surface area contributed by atoms with E-state index in [0.29, 0.717) is 25.3 Å². The van der Waals surface area contributed by atoms with Crippen molar-refractivity contribution in [3.63, 3.8) is 0 Å². The molecule has 0 aliphatic rings. The Hall–Kier alpha value is -3.62. The minimum Gasteiger partial charge on any atom is -0.467 e. The first-order valence-corrected chi connectivity index (χ1v) is 10.8. The van der Waals surface area contributed by atoms with Gasteiger partial charge in [0.2, 0.25) is 5.91 Å². The number of rotatable bonds is 10. The third-order valence-corrected chi connectivity index (χ3v) is 5.25. The molecule has 0 fully saturated rings. The number of anilines is 1. The lowest BCUT2D eigenvalue weighted by atomic mass is 10.2. The molecule has 3 amide bonds. The number of halogens is 2. The standard InChI is InChI=1S/C24H28F2N4O3/c1-3-4-12-29(24(32)27-18-9-10-21(25)22(26)14-18)17-23(31)30(16-20-8-6-13-33-20)15-19-7-5-11-28(19)2/h5-11,13-14H,3-4,12,15-17H2,1-2H3,(H,27,32). The first-order chi connectivity index (χ1) is 15.9. The zero-order chi connectivity index (χ0) is 23.8. The van der Waals surface area contributed by atoms with Crippen LogP contribution in [0.4, 0.5) is 19.3 Å². The van der Waals surface area contributed by atoms with Gasteiger partial charge < -0.3 is 24.1 Å². The van der Waals surface area contributed by atoms with E-state index in [0.717, 1.165) is 24.2 Å². The molecule has 0 spiro atoms. The van der Waals surface area contributed by atoms with Crippen LogP contribution in [0.15, 0.2) is 59.3 Å². The van der Waals surface area contributed by atoms with Crippen molar-refractivity contribution in [2.24, 2.45) is 7.05 Å². The van der Waals surface area contributed by atoms with Gasteiger partial charge in [-0.2, -0.15) is 0 Å². The lowest BCUT2D eigenvalue weighted by Crippen LogP contribution is -2.44. The van der Waals surface area contributed by atoms with Crippen LogP contribution in [0.5, 0.6) is 0 Å². The SMILES string of the molecule is CCCCN(CC(=O)N(Cc1ccco1)Cc1cccn1C)C(=O)Nc1ccc(F)c(F)c1. The number of furan rings is 1. The Morgan fingerprint density at radius 2 is 1.88 bits per heavy atom. The van der Waals surface area contributed by atoms with Gasteiger partial charge >= 0.3 is 6.03 Å². The van der Waals surface area contributed by atoms with Crippen molar-refractivity contribution in [3.05, 3.63) is 78.0 Å². The van der Waals surface area contributed by atoms with Crippen LogP contribution in [0.25, 0.3) is 0 Å². The quantitative estimate of drug-likeness (QED) is 0.476. The molecule has 1 N–H and O–H groups in total. The lowest BCUT2D eigenvalue weighted by Gasteiger charge is -2.27. The summed E-state index contributed by atoms with van der Waals surface area (Å²) >= 11 is 0. The molecule has 2 aromatic heterocycles. The molecule has 0 bridgehead atoms. The molecule has 1 aromatic carbocycles. The van der Waals surface area contributed by atoms with Crippen LogP contribution in [0.1, 0.15) is 31.2 Å². The lowest BCUT2D eigenvalue weighted by molar-refractivity contribution is -0.133. The minimum absolute atomic E-state index is 0.115. The van der Waals surface area contributed by atoms with Gasteiger partial charge in [-0.25, -0.2) is 13.6 Å². The molecule has 9 heteroatoms. The predicted octanol–water partition coefficient (Wildman–Crippen LogP) is 4.76. The molecule has 176 valence electrons. The van der Waals surface area contributed by atoms with Gasteiger partial charge in [0.05, 0.1) is 19.4 Å². The van der Waals surface area contributed by atoms with Gasteiger partial charge in [-0.05, 0) is 42.8 Å². The number of nitrogens with one attached hydrogen (secondary N) is 1. The van der Waals surface area contributed by atoms with Gasteiger partial charge in [0.25, 0.3) is 0 Å². The van der Waals surface area contributed by atoms with E-state index in [1.54, 1.807) is 23.3 Å². The fourth-order valence-electron chi connectivity index (χ4n) is 3.32. The zero-order valence-electron chi connectivity index (χ0n) is 18.8. The number of hydrogen-bond donors (Lipinski definition) is 1. The van der Waals surface area contributed by atoms with Crippen molar-refractivity contribution in [2.75, 3.05) is 18.4 Å². The van der Waals surface area contributed by atoms with Crippen LogP contribution >= 0.6 is 0 Å². The van der Waals surface area contributed by atoms with Crippen LogP contribution in [0.3, 0.4) is 0 Å². The van der Waals surface area contributed by atoms with E-state index in [4.69, 9.17) is 4.42 Å². The van der Waals surface area contributed by atoms with Gasteiger partial charge in [0, 0.05) is 37.2 Å².